The summed E-state index contributed by atoms with van der Waals surface area (Å²) in [6.45, 7) is 0.562. The molecule has 0 bridgehead atoms. The first kappa shape index (κ1) is 19.2. The lowest BCUT2D eigenvalue weighted by atomic mass is 10.1. The third kappa shape index (κ3) is 3.58. The Balaban J connectivity index is 1.64. The molecular formula is C23H15ClFN3S2. The predicted molar refractivity (Wildman–Crippen MR) is 124 cm³/mol. The molecule has 0 atom stereocenters. The van der Waals surface area contributed by atoms with Crippen LogP contribution in [0.5, 0.6) is 0 Å². The summed E-state index contributed by atoms with van der Waals surface area (Å²) in [5.41, 5.74) is 3.63. The minimum Gasteiger partial charge on any atom is -0.316 e. The van der Waals surface area contributed by atoms with Crippen molar-refractivity contribution in [3.8, 4) is 16.9 Å². The zero-order valence-electron chi connectivity index (χ0n) is 15.6. The van der Waals surface area contributed by atoms with E-state index in [0.717, 1.165) is 32.2 Å². The summed E-state index contributed by atoms with van der Waals surface area (Å²) in [6.07, 6.45) is 2.00. The van der Waals surface area contributed by atoms with Gasteiger partial charge < -0.3 is 4.57 Å². The van der Waals surface area contributed by atoms with Crippen LogP contribution in [0, 0.1) is 10.6 Å². The zero-order chi connectivity index (χ0) is 20.7. The Bertz CT molecular complexity index is 1370. The van der Waals surface area contributed by atoms with E-state index in [-0.39, 0.29) is 5.82 Å². The molecule has 5 rings (SSSR count). The highest BCUT2D eigenvalue weighted by Crippen LogP contribution is 2.28. The first-order chi connectivity index (χ1) is 14.6. The van der Waals surface area contributed by atoms with Crippen LogP contribution in [0.4, 0.5) is 4.39 Å². The number of thiazole rings is 1. The number of nitrogens with zero attached hydrogens (tertiary/aromatic N) is 3. The van der Waals surface area contributed by atoms with Gasteiger partial charge in [-0.05, 0) is 72.9 Å². The van der Waals surface area contributed by atoms with E-state index in [1.807, 2.05) is 57.8 Å². The zero-order valence-corrected chi connectivity index (χ0v) is 18.0. The van der Waals surface area contributed by atoms with E-state index in [1.165, 1.54) is 12.1 Å². The van der Waals surface area contributed by atoms with Gasteiger partial charge in [0, 0.05) is 22.5 Å². The highest BCUT2D eigenvalue weighted by Gasteiger charge is 2.14. The number of fused-ring (bicyclic) bond motifs is 1. The van der Waals surface area contributed by atoms with Gasteiger partial charge in [-0.1, -0.05) is 23.7 Å². The van der Waals surface area contributed by atoms with Crippen LogP contribution >= 0.6 is 35.2 Å². The van der Waals surface area contributed by atoms with Gasteiger partial charge in [0.2, 0.25) is 0 Å². The van der Waals surface area contributed by atoms with Gasteiger partial charge in [0.25, 0.3) is 0 Å². The van der Waals surface area contributed by atoms with E-state index < -0.39 is 0 Å². The maximum Gasteiger partial charge on any atom is 0.185 e. The molecule has 0 aliphatic rings. The molecule has 0 saturated heterocycles. The Morgan fingerprint density at radius 2 is 1.70 bits per heavy atom. The van der Waals surface area contributed by atoms with Crippen LogP contribution in [0.3, 0.4) is 0 Å². The summed E-state index contributed by atoms with van der Waals surface area (Å²) in [4.78, 5) is 4.73. The maximum atomic E-state index is 13.5. The average molecular weight is 452 g/mol. The summed E-state index contributed by atoms with van der Waals surface area (Å²) >= 11 is 13.6. The highest BCUT2D eigenvalue weighted by molar-refractivity contribution is 7.71. The quantitative estimate of drug-likeness (QED) is 0.271. The molecule has 3 aromatic carbocycles. The number of rotatable bonds is 4. The smallest absolute Gasteiger partial charge is 0.185 e. The largest absolute Gasteiger partial charge is 0.316 e. The van der Waals surface area contributed by atoms with E-state index >= 15 is 0 Å². The molecule has 7 heteroatoms. The van der Waals surface area contributed by atoms with Crippen LogP contribution in [0.1, 0.15) is 5.01 Å². The predicted octanol–water partition coefficient (Wildman–Crippen LogP) is 7.13. The first-order valence-electron chi connectivity index (χ1n) is 9.27. The van der Waals surface area contributed by atoms with Gasteiger partial charge >= 0.3 is 0 Å². The van der Waals surface area contributed by atoms with Gasteiger partial charge in [-0.2, -0.15) is 0 Å². The maximum absolute atomic E-state index is 13.5. The topological polar surface area (TPSA) is 22.8 Å². The molecule has 30 heavy (non-hydrogen) atoms. The molecule has 0 N–H and O–H groups in total. The summed E-state index contributed by atoms with van der Waals surface area (Å²) < 4.78 is 19.3. The Hall–Kier alpha value is -2.80. The van der Waals surface area contributed by atoms with Crippen molar-refractivity contribution in [2.24, 2.45) is 0 Å². The molecule has 148 valence electrons. The van der Waals surface area contributed by atoms with Crippen LogP contribution in [-0.2, 0) is 6.54 Å². The van der Waals surface area contributed by atoms with Crippen LogP contribution in [0.25, 0.3) is 27.2 Å². The Morgan fingerprint density at radius 1 is 0.967 bits per heavy atom. The lowest BCUT2D eigenvalue weighted by Crippen LogP contribution is -2.01. The van der Waals surface area contributed by atoms with E-state index in [0.29, 0.717) is 16.3 Å². The summed E-state index contributed by atoms with van der Waals surface area (Å²) in [5, 5.41) is 1.63. The molecule has 0 unspecified atom stereocenters. The Labute approximate surface area is 186 Å². The van der Waals surface area contributed by atoms with Gasteiger partial charge in [-0.15, -0.1) is 11.3 Å². The summed E-state index contributed by atoms with van der Waals surface area (Å²) in [5.74, 6) is -0.274. The van der Waals surface area contributed by atoms with E-state index in [9.17, 15) is 4.39 Å². The highest BCUT2D eigenvalue weighted by atomic mass is 35.5. The summed E-state index contributed by atoms with van der Waals surface area (Å²) in [7, 11) is 0. The standard InChI is InChI=1S/C23H15ClFN3S2/c24-16-7-11-18(12-8-16)28-20(15-5-9-17(25)10-6-15)13-27(23(28)29)14-22-26-19-3-1-2-4-21(19)30-22/h1-13H,14H2. The average Bonchev–Trinajstić information content (AvgIpc) is 3.30. The van der Waals surface area contributed by atoms with Gasteiger partial charge in [0.15, 0.2) is 4.77 Å². The number of halogens is 2. The molecule has 5 aromatic rings. The van der Waals surface area contributed by atoms with Gasteiger partial charge in [0.05, 0.1) is 22.5 Å². The second-order valence-electron chi connectivity index (χ2n) is 6.82. The molecule has 0 spiro atoms. The number of imidazole rings is 1. The molecule has 0 radical (unpaired) electrons. The third-order valence-corrected chi connectivity index (χ3v) is 6.51. The second kappa shape index (κ2) is 7.80. The lowest BCUT2D eigenvalue weighted by molar-refractivity contribution is 0.628. The fourth-order valence-corrected chi connectivity index (χ4v) is 4.82. The van der Waals surface area contributed by atoms with Crippen molar-refractivity contribution in [1.82, 2.24) is 14.1 Å². The fraction of sp³-hybridized carbons (Fsp3) is 0.0435. The first-order valence-corrected chi connectivity index (χ1v) is 10.9. The monoisotopic (exact) mass is 451 g/mol. The van der Waals surface area contributed by atoms with Crippen molar-refractivity contribution in [1.29, 1.82) is 0 Å². The van der Waals surface area contributed by atoms with E-state index in [4.69, 9.17) is 28.8 Å². The molecule has 0 fully saturated rings. The molecule has 0 saturated carbocycles. The molecule has 0 amide bonds. The second-order valence-corrected chi connectivity index (χ2v) is 8.74. The molecule has 0 aliphatic heterocycles. The molecular weight excluding hydrogens is 437 g/mol. The number of aromatic nitrogens is 3. The number of hydrogen-bond acceptors (Lipinski definition) is 3. The Kier molecular flexibility index (Phi) is 4.98. The molecule has 0 aliphatic carbocycles. The lowest BCUT2D eigenvalue weighted by Gasteiger charge is -2.09. The third-order valence-electron chi connectivity index (χ3n) is 4.82. The van der Waals surface area contributed by atoms with Crippen molar-refractivity contribution in [2.75, 3.05) is 0 Å². The van der Waals surface area contributed by atoms with Crippen LogP contribution in [0.15, 0.2) is 79.0 Å². The molecule has 2 heterocycles. The van der Waals surface area contributed by atoms with Crippen LogP contribution < -0.4 is 0 Å². The number of hydrogen-bond donors (Lipinski definition) is 0. The van der Waals surface area contributed by atoms with E-state index in [1.54, 1.807) is 23.5 Å². The van der Waals surface area contributed by atoms with Gasteiger partial charge in [-0.3, -0.25) is 4.57 Å². The minimum absolute atomic E-state index is 0.274. The van der Waals surface area contributed by atoms with Crippen molar-refractivity contribution in [2.45, 2.75) is 6.54 Å². The minimum atomic E-state index is -0.274. The normalized spacial score (nSPS) is 11.3. The molecule has 2 aromatic heterocycles. The van der Waals surface area contributed by atoms with Crippen molar-refractivity contribution in [3.63, 3.8) is 0 Å². The number of para-hydroxylation sites is 1. The Morgan fingerprint density at radius 3 is 2.43 bits per heavy atom. The molecule has 3 nitrogen and oxygen atoms in total. The van der Waals surface area contributed by atoms with Gasteiger partial charge in [-0.25, -0.2) is 9.37 Å². The van der Waals surface area contributed by atoms with Gasteiger partial charge in [0.1, 0.15) is 10.8 Å². The van der Waals surface area contributed by atoms with Crippen molar-refractivity contribution in [3.05, 3.63) is 99.6 Å². The number of benzene rings is 3. The van der Waals surface area contributed by atoms with Crippen molar-refractivity contribution < 1.29 is 4.39 Å². The van der Waals surface area contributed by atoms with Crippen LogP contribution in [0.2, 0.25) is 5.02 Å². The fourth-order valence-electron chi connectivity index (χ4n) is 3.40. The van der Waals surface area contributed by atoms with Crippen LogP contribution in [-0.4, -0.2) is 14.1 Å². The summed E-state index contributed by atoms with van der Waals surface area (Å²) in [6, 6.07) is 22.0. The van der Waals surface area contributed by atoms with Crippen molar-refractivity contribution >= 4 is 45.4 Å². The SMILES string of the molecule is Fc1ccc(-c2cn(Cc3nc4ccccc4s3)c(=S)n2-c2ccc(Cl)cc2)cc1. The van der Waals surface area contributed by atoms with E-state index in [2.05, 4.69) is 6.07 Å².